The lowest BCUT2D eigenvalue weighted by Crippen LogP contribution is -2.30. The Morgan fingerprint density at radius 3 is 1.12 bits per heavy atom. The van der Waals surface area contributed by atoms with Crippen LogP contribution in [0.4, 0.5) is 0 Å². The van der Waals surface area contributed by atoms with E-state index in [-0.39, 0.29) is 31.1 Å². The van der Waals surface area contributed by atoms with Gasteiger partial charge in [-0.25, -0.2) is 0 Å². The average molecular weight is 723 g/mol. The van der Waals surface area contributed by atoms with Gasteiger partial charge in [-0.1, -0.05) is 202 Å². The van der Waals surface area contributed by atoms with Gasteiger partial charge in [-0.2, -0.15) is 0 Å². The highest BCUT2D eigenvalue weighted by atomic mass is 16.6. The van der Waals surface area contributed by atoms with Gasteiger partial charge in [0.05, 0.1) is 0 Å². The van der Waals surface area contributed by atoms with Crippen molar-refractivity contribution in [1.29, 1.82) is 0 Å². The molecule has 302 valence electrons. The smallest absolute Gasteiger partial charge is 0.306 e. The zero-order chi connectivity index (χ0) is 37.6. The molecule has 0 radical (unpaired) electrons. The summed E-state index contributed by atoms with van der Waals surface area (Å²) in [6.07, 6.45) is 35.3. The van der Waals surface area contributed by atoms with Crippen molar-refractivity contribution in [2.45, 2.75) is 246 Å². The third kappa shape index (κ3) is 38.0. The van der Waals surface area contributed by atoms with Gasteiger partial charge in [-0.15, -0.1) is 0 Å². The molecule has 0 aliphatic heterocycles. The van der Waals surface area contributed by atoms with Crippen molar-refractivity contribution in [3.05, 3.63) is 0 Å². The minimum atomic E-state index is -0.761. The lowest BCUT2D eigenvalue weighted by atomic mass is 10.00. The molecule has 0 saturated carbocycles. The van der Waals surface area contributed by atoms with E-state index in [1.54, 1.807) is 0 Å². The molecule has 6 heteroatoms. The predicted molar refractivity (Wildman–Crippen MR) is 215 cm³/mol. The lowest BCUT2D eigenvalue weighted by molar-refractivity contribution is -0.167. The van der Waals surface area contributed by atoms with E-state index in [0.29, 0.717) is 19.3 Å². The monoisotopic (exact) mass is 723 g/mol. The molecule has 0 amide bonds. The summed E-state index contributed by atoms with van der Waals surface area (Å²) in [5.74, 6) is 0.712. The number of hydrogen-bond donors (Lipinski definition) is 0. The minimum absolute atomic E-state index is 0.0669. The highest BCUT2D eigenvalue weighted by Gasteiger charge is 2.19. The van der Waals surface area contributed by atoms with Gasteiger partial charge in [-0.3, -0.25) is 14.4 Å². The first-order chi connectivity index (χ1) is 24.8. The van der Waals surface area contributed by atoms with E-state index in [1.807, 2.05) is 0 Å². The van der Waals surface area contributed by atoms with Crippen LogP contribution in [0.2, 0.25) is 0 Å². The summed E-state index contributed by atoms with van der Waals surface area (Å²) in [5, 5.41) is 0. The molecule has 0 bridgehead atoms. The Kier molecular flexibility index (Phi) is 37.0. The van der Waals surface area contributed by atoms with Crippen molar-refractivity contribution in [1.82, 2.24) is 0 Å². The van der Waals surface area contributed by atoms with E-state index in [0.717, 1.165) is 69.6 Å². The van der Waals surface area contributed by atoms with Crippen LogP contribution in [0.15, 0.2) is 0 Å². The van der Waals surface area contributed by atoms with Crippen LogP contribution in [0.3, 0.4) is 0 Å². The van der Waals surface area contributed by atoms with Crippen molar-refractivity contribution >= 4 is 17.9 Å². The van der Waals surface area contributed by atoms with Crippen molar-refractivity contribution in [2.24, 2.45) is 11.8 Å². The molecule has 0 spiro atoms. The number of carbonyl (C=O) groups excluding carboxylic acids is 3. The van der Waals surface area contributed by atoms with Crippen molar-refractivity contribution in [2.75, 3.05) is 13.2 Å². The summed E-state index contributed by atoms with van der Waals surface area (Å²) >= 11 is 0. The standard InChI is InChI=1S/C45H86O6/c1-6-8-9-10-11-12-13-14-15-16-17-18-27-32-37-45(48)51-42(38-49-43(46)35-30-25-21-19-23-28-33-40(3)4)39-50-44(47)36-31-26-22-20-24-29-34-41(5)7-2/h40-42H,6-39H2,1-5H3/t41?,42-/m1/s1. The molecule has 0 aliphatic rings. The topological polar surface area (TPSA) is 78.9 Å². The fraction of sp³-hybridized carbons (Fsp3) is 0.933. The maximum absolute atomic E-state index is 12.7. The van der Waals surface area contributed by atoms with Crippen LogP contribution in [0.5, 0.6) is 0 Å². The van der Waals surface area contributed by atoms with Crippen LogP contribution >= 0.6 is 0 Å². The van der Waals surface area contributed by atoms with Gasteiger partial charge in [0.2, 0.25) is 0 Å². The van der Waals surface area contributed by atoms with Crippen molar-refractivity contribution < 1.29 is 28.6 Å². The van der Waals surface area contributed by atoms with Gasteiger partial charge in [0.15, 0.2) is 6.10 Å². The molecule has 51 heavy (non-hydrogen) atoms. The Bertz CT molecular complexity index is 781. The van der Waals surface area contributed by atoms with E-state index >= 15 is 0 Å². The number of rotatable bonds is 39. The first-order valence-electron chi connectivity index (χ1n) is 22.3. The van der Waals surface area contributed by atoms with Gasteiger partial charge in [0.25, 0.3) is 0 Å². The fourth-order valence-corrected chi connectivity index (χ4v) is 6.54. The summed E-state index contributed by atoms with van der Waals surface area (Å²) in [6.45, 7) is 11.2. The zero-order valence-electron chi connectivity index (χ0n) is 34.7. The van der Waals surface area contributed by atoms with E-state index in [9.17, 15) is 14.4 Å². The Morgan fingerprint density at radius 1 is 0.412 bits per heavy atom. The molecule has 2 atom stereocenters. The summed E-state index contributed by atoms with van der Waals surface area (Å²) in [5.41, 5.74) is 0. The SMILES string of the molecule is CCCCCCCCCCCCCCCCC(=O)O[C@H](COC(=O)CCCCCCCCC(C)C)COC(=O)CCCCCCCCC(C)CC. The Labute approximate surface area is 317 Å². The van der Waals surface area contributed by atoms with Gasteiger partial charge in [0, 0.05) is 19.3 Å². The molecule has 0 N–H and O–H groups in total. The van der Waals surface area contributed by atoms with Crippen molar-refractivity contribution in [3.8, 4) is 0 Å². The number of ether oxygens (including phenoxy) is 3. The Morgan fingerprint density at radius 2 is 0.745 bits per heavy atom. The van der Waals surface area contributed by atoms with Crippen LogP contribution in [0, 0.1) is 11.8 Å². The highest BCUT2D eigenvalue weighted by molar-refractivity contribution is 5.71. The van der Waals surface area contributed by atoms with Crippen molar-refractivity contribution in [3.63, 3.8) is 0 Å². The second-order valence-corrected chi connectivity index (χ2v) is 16.1. The van der Waals surface area contributed by atoms with Gasteiger partial charge in [0.1, 0.15) is 13.2 Å². The number of hydrogen-bond acceptors (Lipinski definition) is 6. The van der Waals surface area contributed by atoms with E-state index in [2.05, 4.69) is 34.6 Å². The molecule has 0 aromatic rings. The maximum Gasteiger partial charge on any atom is 0.306 e. The first kappa shape index (κ1) is 49.4. The summed E-state index contributed by atoms with van der Waals surface area (Å²) in [7, 11) is 0. The quantitative estimate of drug-likeness (QED) is 0.0357. The summed E-state index contributed by atoms with van der Waals surface area (Å²) in [6, 6.07) is 0. The largest absolute Gasteiger partial charge is 0.462 e. The molecule has 0 rings (SSSR count). The van der Waals surface area contributed by atoms with Crippen LogP contribution in [0.1, 0.15) is 240 Å². The molecule has 0 heterocycles. The van der Waals surface area contributed by atoms with E-state index in [1.165, 1.54) is 128 Å². The molecular formula is C45H86O6. The normalized spacial score (nSPS) is 12.6. The zero-order valence-corrected chi connectivity index (χ0v) is 34.7. The number of esters is 3. The Hall–Kier alpha value is -1.59. The molecule has 0 fully saturated rings. The van der Waals surface area contributed by atoms with Crippen LogP contribution in [-0.2, 0) is 28.6 Å². The summed E-state index contributed by atoms with van der Waals surface area (Å²) < 4.78 is 16.7. The number of carbonyl (C=O) groups is 3. The Balaban J connectivity index is 4.33. The van der Waals surface area contributed by atoms with Gasteiger partial charge in [-0.05, 0) is 31.1 Å². The molecule has 1 unspecified atom stereocenters. The van der Waals surface area contributed by atoms with E-state index in [4.69, 9.17) is 14.2 Å². The van der Waals surface area contributed by atoms with Crippen LogP contribution in [0.25, 0.3) is 0 Å². The molecule has 0 saturated heterocycles. The van der Waals surface area contributed by atoms with Crippen LogP contribution < -0.4 is 0 Å². The number of unbranched alkanes of at least 4 members (excludes halogenated alkanes) is 23. The minimum Gasteiger partial charge on any atom is -0.462 e. The molecule has 6 nitrogen and oxygen atoms in total. The van der Waals surface area contributed by atoms with Gasteiger partial charge < -0.3 is 14.2 Å². The summed E-state index contributed by atoms with van der Waals surface area (Å²) in [4.78, 5) is 37.6. The second-order valence-electron chi connectivity index (χ2n) is 16.1. The fourth-order valence-electron chi connectivity index (χ4n) is 6.54. The molecular weight excluding hydrogens is 636 g/mol. The average Bonchev–Trinajstić information content (AvgIpc) is 3.11. The first-order valence-corrected chi connectivity index (χ1v) is 22.3. The van der Waals surface area contributed by atoms with E-state index < -0.39 is 6.10 Å². The third-order valence-electron chi connectivity index (χ3n) is 10.3. The van der Waals surface area contributed by atoms with Gasteiger partial charge >= 0.3 is 17.9 Å². The maximum atomic E-state index is 12.7. The van der Waals surface area contributed by atoms with Crippen LogP contribution in [-0.4, -0.2) is 37.2 Å². The molecule has 0 aromatic carbocycles. The lowest BCUT2D eigenvalue weighted by Gasteiger charge is -2.18. The predicted octanol–water partition coefficient (Wildman–Crippen LogP) is 13.8. The molecule has 0 aromatic heterocycles. The third-order valence-corrected chi connectivity index (χ3v) is 10.3. The second kappa shape index (κ2) is 38.1. The highest BCUT2D eigenvalue weighted by Crippen LogP contribution is 2.17. The molecule has 0 aliphatic carbocycles.